The first-order valence-corrected chi connectivity index (χ1v) is 17.0. The molecule has 0 radical (unpaired) electrons. The predicted molar refractivity (Wildman–Crippen MR) is 190 cm³/mol. The molecule has 6 rings (SSSR count). The molecule has 4 aromatic rings. The van der Waals surface area contributed by atoms with E-state index in [0.717, 1.165) is 44.7 Å². The summed E-state index contributed by atoms with van der Waals surface area (Å²) in [6.07, 6.45) is 5.28. The molecule has 4 N–H and O–H groups in total. The largest absolute Gasteiger partial charge is 0.418 e. The maximum absolute atomic E-state index is 14.6. The zero-order valence-electron chi connectivity index (χ0n) is 27.3. The Labute approximate surface area is 282 Å². The Morgan fingerprint density at radius 1 is 1.00 bits per heavy atom. The molecule has 48 heavy (non-hydrogen) atoms. The Morgan fingerprint density at radius 2 is 1.73 bits per heavy atom. The van der Waals surface area contributed by atoms with Crippen LogP contribution in [-0.4, -0.2) is 95.4 Å². The summed E-state index contributed by atoms with van der Waals surface area (Å²) in [5.41, 5.74) is 9.36. The average Bonchev–Trinajstić information content (AvgIpc) is 3.09. The van der Waals surface area contributed by atoms with Gasteiger partial charge in [-0.15, -0.1) is 0 Å². The Bertz CT molecular complexity index is 1770. The fourth-order valence-electron chi connectivity index (χ4n) is 6.37. The quantitative estimate of drug-likeness (QED) is 0.178. The lowest BCUT2D eigenvalue weighted by Gasteiger charge is -2.43. The van der Waals surface area contributed by atoms with E-state index in [2.05, 4.69) is 54.0 Å². The zero-order chi connectivity index (χ0) is 34.0. The zero-order valence-corrected chi connectivity index (χ0v) is 28.1. The van der Waals surface area contributed by atoms with Gasteiger partial charge in [0.25, 0.3) is 0 Å². The first kappa shape index (κ1) is 33.6. The number of aromatic nitrogens is 4. The van der Waals surface area contributed by atoms with Crippen molar-refractivity contribution in [2.45, 2.75) is 25.1 Å². The molecule has 0 atom stereocenters. The summed E-state index contributed by atoms with van der Waals surface area (Å²) < 4.78 is 45.7. The van der Waals surface area contributed by atoms with E-state index in [1.54, 1.807) is 18.5 Å². The number of piperidine rings is 1. The van der Waals surface area contributed by atoms with Gasteiger partial charge in [-0.05, 0) is 49.7 Å². The van der Waals surface area contributed by atoms with Gasteiger partial charge in [-0.1, -0.05) is 24.6 Å². The number of hydrogen-bond acceptors (Lipinski definition) is 12. The summed E-state index contributed by atoms with van der Waals surface area (Å²) >= 11 is 1.48. The van der Waals surface area contributed by atoms with Crippen LogP contribution in [-0.2, 0) is 6.18 Å². The Morgan fingerprint density at radius 3 is 2.42 bits per heavy atom. The summed E-state index contributed by atoms with van der Waals surface area (Å²) in [6, 6.07) is 6.78. The molecular formula is C33H40F3N11S. The van der Waals surface area contributed by atoms with Gasteiger partial charge in [0.1, 0.15) is 5.52 Å². The topological polar surface area (TPSA) is 115 Å². The lowest BCUT2D eigenvalue weighted by molar-refractivity contribution is -0.136. The molecular weight excluding hydrogens is 640 g/mol. The van der Waals surface area contributed by atoms with E-state index in [-0.39, 0.29) is 23.1 Å². The van der Waals surface area contributed by atoms with Gasteiger partial charge in [0.15, 0.2) is 5.82 Å². The predicted octanol–water partition coefficient (Wildman–Crippen LogP) is 6.08. The van der Waals surface area contributed by atoms with Crippen LogP contribution in [0.15, 0.2) is 49.4 Å². The molecule has 15 heteroatoms. The number of nitrogens with one attached hydrogen (secondary N) is 2. The van der Waals surface area contributed by atoms with Gasteiger partial charge in [0.2, 0.25) is 5.95 Å². The van der Waals surface area contributed by atoms with Crippen molar-refractivity contribution in [1.29, 1.82) is 0 Å². The molecule has 2 saturated heterocycles. The minimum Gasteiger partial charge on any atom is -0.394 e. The Balaban J connectivity index is 1.27. The summed E-state index contributed by atoms with van der Waals surface area (Å²) in [7, 11) is 4.02. The van der Waals surface area contributed by atoms with Gasteiger partial charge in [0, 0.05) is 76.7 Å². The third-order valence-corrected chi connectivity index (χ3v) is 9.80. The second-order valence-corrected chi connectivity index (χ2v) is 12.9. The lowest BCUT2D eigenvalue weighted by atomic mass is 9.99. The number of halogens is 3. The molecule has 0 saturated carbocycles. The molecule has 2 aliphatic heterocycles. The van der Waals surface area contributed by atoms with Crippen LogP contribution in [0.4, 0.5) is 53.4 Å². The molecule has 254 valence electrons. The fraction of sp³-hybridized carbons (Fsp3) is 0.394. The van der Waals surface area contributed by atoms with Crippen molar-refractivity contribution in [1.82, 2.24) is 29.7 Å². The van der Waals surface area contributed by atoms with Crippen LogP contribution in [0.1, 0.15) is 24.0 Å². The monoisotopic (exact) mass is 679 g/mol. The summed E-state index contributed by atoms with van der Waals surface area (Å²) in [4.78, 5) is 24.5. The molecule has 2 aromatic carbocycles. The summed E-state index contributed by atoms with van der Waals surface area (Å²) in [5, 5.41) is 6.05. The molecule has 11 nitrogen and oxygen atoms in total. The van der Waals surface area contributed by atoms with Crippen molar-refractivity contribution < 1.29 is 13.2 Å². The smallest absolute Gasteiger partial charge is 0.394 e. The molecule has 0 bridgehead atoms. The first-order valence-electron chi connectivity index (χ1n) is 15.8. The minimum atomic E-state index is -4.63. The number of hydrogen-bond donors (Lipinski definition) is 3. The number of fused-ring (bicyclic) bond motifs is 1. The summed E-state index contributed by atoms with van der Waals surface area (Å²) in [6.45, 7) is 9.39. The number of nitrogen functional groups attached to an aromatic ring is 1. The second kappa shape index (κ2) is 14.0. The number of piperazine rings is 1. The molecule has 0 aliphatic carbocycles. The molecule has 2 aliphatic rings. The van der Waals surface area contributed by atoms with Crippen LogP contribution in [0, 0.1) is 0 Å². The van der Waals surface area contributed by atoms with E-state index in [9.17, 15) is 13.2 Å². The maximum Gasteiger partial charge on any atom is 0.418 e. The van der Waals surface area contributed by atoms with Crippen molar-refractivity contribution in [3.05, 3.63) is 60.6 Å². The highest BCUT2D eigenvalue weighted by atomic mass is 32.2. The number of benzene rings is 2. The third kappa shape index (κ3) is 7.08. The first-order chi connectivity index (χ1) is 23.0. The SMILES string of the molecule is C=Cc1cc(Nc2ncc(N)c(Nc3ccc4nccnc4c3N(C)SC)n2)c(C(F)(F)F)cc1N1CCC(N2CCN(C)CC2)CC1. The van der Waals surface area contributed by atoms with E-state index >= 15 is 0 Å². The second-order valence-electron chi connectivity index (χ2n) is 12.0. The van der Waals surface area contributed by atoms with E-state index in [4.69, 9.17) is 5.73 Å². The van der Waals surface area contributed by atoms with Crippen molar-refractivity contribution in [3.8, 4) is 0 Å². The van der Waals surface area contributed by atoms with Gasteiger partial charge < -0.3 is 30.5 Å². The number of likely N-dealkylation sites (N-methyl/N-ethyl adjacent to an activating group) is 1. The highest BCUT2D eigenvalue weighted by Crippen LogP contribution is 2.42. The van der Waals surface area contributed by atoms with Crippen molar-refractivity contribution >= 4 is 69.3 Å². The van der Waals surface area contributed by atoms with Crippen LogP contribution in [0.25, 0.3) is 17.1 Å². The highest BCUT2D eigenvalue weighted by Gasteiger charge is 2.36. The van der Waals surface area contributed by atoms with E-state index in [1.807, 2.05) is 34.6 Å². The van der Waals surface area contributed by atoms with E-state index < -0.39 is 11.7 Å². The number of nitrogens with zero attached hydrogens (tertiary/aromatic N) is 8. The van der Waals surface area contributed by atoms with Crippen molar-refractivity contribution in [2.75, 3.05) is 85.2 Å². The molecule has 0 unspecified atom stereocenters. The highest BCUT2D eigenvalue weighted by molar-refractivity contribution is 7.99. The van der Waals surface area contributed by atoms with Gasteiger partial charge in [0.05, 0.1) is 40.0 Å². The minimum absolute atomic E-state index is 0.0479. The number of alkyl halides is 3. The Hall–Kier alpha value is -4.34. The molecule has 2 fully saturated rings. The normalized spacial score (nSPS) is 16.7. The fourth-order valence-corrected chi connectivity index (χ4v) is 6.74. The van der Waals surface area contributed by atoms with E-state index in [0.29, 0.717) is 47.1 Å². The van der Waals surface area contributed by atoms with Crippen LogP contribution in [0.2, 0.25) is 0 Å². The third-order valence-electron chi connectivity index (χ3n) is 9.07. The van der Waals surface area contributed by atoms with Crippen LogP contribution < -0.4 is 25.6 Å². The van der Waals surface area contributed by atoms with Gasteiger partial charge in [-0.2, -0.15) is 18.2 Å². The van der Waals surface area contributed by atoms with Gasteiger partial charge >= 0.3 is 6.18 Å². The number of anilines is 7. The van der Waals surface area contributed by atoms with Crippen LogP contribution in [0.3, 0.4) is 0 Å². The van der Waals surface area contributed by atoms with Crippen molar-refractivity contribution in [3.63, 3.8) is 0 Å². The lowest BCUT2D eigenvalue weighted by Crippen LogP contribution is -2.52. The average molecular weight is 680 g/mol. The Kier molecular flexibility index (Phi) is 9.80. The molecule has 4 heterocycles. The van der Waals surface area contributed by atoms with Crippen LogP contribution >= 0.6 is 11.9 Å². The molecule has 2 aromatic heterocycles. The molecule has 0 amide bonds. The van der Waals surface area contributed by atoms with Crippen molar-refractivity contribution in [2.24, 2.45) is 0 Å². The van der Waals surface area contributed by atoms with Gasteiger partial charge in [-0.3, -0.25) is 14.9 Å². The van der Waals surface area contributed by atoms with E-state index in [1.165, 1.54) is 30.3 Å². The maximum atomic E-state index is 14.6. The molecule has 0 spiro atoms. The number of nitrogens with two attached hydrogens (primary N) is 1. The van der Waals surface area contributed by atoms with Gasteiger partial charge in [-0.25, -0.2) is 4.98 Å². The standard InChI is InChI=1S/C33H40F3N11S/c1-5-21-18-27(23(33(34,35)36)19-28(21)47-12-8-22(9-13-47)46-16-14-44(2)15-17-46)42-32-40-20-24(37)31(43-32)41-26-7-6-25-29(39-11-10-38-25)30(26)45(3)48-4/h5-7,10-11,18-20,22H,1,8-9,12-17,37H2,2-4H3,(H2,40,41,42,43). The summed E-state index contributed by atoms with van der Waals surface area (Å²) in [5.74, 6) is 0.178. The van der Waals surface area contributed by atoms with Crippen LogP contribution in [0.5, 0.6) is 0 Å². The number of rotatable bonds is 9.